The summed E-state index contributed by atoms with van der Waals surface area (Å²) in [5, 5.41) is 0. The van der Waals surface area contributed by atoms with Gasteiger partial charge in [0.1, 0.15) is 11.4 Å². The van der Waals surface area contributed by atoms with E-state index >= 15 is 0 Å². The van der Waals surface area contributed by atoms with Crippen LogP contribution in [0.2, 0.25) is 0 Å². The van der Waals surface area contributed by atoms with E-state index in [1.54, 1.807) is 13.3 Å². The van der Waals surface area contributed by atoms with Crippen molar-refractivity contribution in [3.05, 3.63) is 59.9 Å². The number of benzene rings is 1. The second-order valence-corrected chi connectivity index (χ2v) is 7.31. The number of carbonyl (C=O) groups is 1. The van der Waals surface area contributed by atoms with Gasteiger partial charge in [-0.15, -0.1) is 0 Å². The summed E-state index contributed by atoms with van der Waals surface area (Å²) in [5.41, 5.74) is 1.84. The van der Waals surface area contributed by atoms with Crippen molar-refractivity contribution in [2.45, 2.75) is 25.4 Å². The van der Waals surface area contributed by atoms with E-state index in [0.29, 0.717) is 11.6 Å². The summed E-state index contributed by atoms with van der Waals surface area (Å²) in [5.74, 6) is 1.50. The van der Waals surface area contributed by atoms with Crippen LogP contribution in [0.15, 0.2) is 48.7 Å². The third kappa shape index (κ3) is 3.58. The quantitative estimate of drug-likeness (QED) is 0.850. The van der Waals surface area contributed by atoms with Crippen LogP contribution in [0.25, 0.3) is 0 Å². The number of aromatic nitrogens is 1. The number of amides is 1. The van der Waals surface area contributed by atoms with E-state index in [2.05, 4.69) is 26.9 Å². The Morgan fingerprint density at radius 3 is 2.69 bits per heavy atom. The number of ether oxygens (including phenoxy) is 1. The number of hydrogen-bond acceptors (Lipinski definition) is 4. The Balaban J connectivity index is 1.46. The molecule has 4 heterocycles. The first kappa shape index (κ1) is 17.0. The highest BCUT2D eigenvalue weighted by Gasteiger charge is 2.37. The van der Waals surface area contributed by atoms with Gasteiger partial charge in [-0.25, -0.2) is 0 Å². The molecule has 0 saturated carbocycles. The van der Waals surface area contributed by atoms with E-state index in [1.807, 2.05) is 30.3 Å². The highest BCUT2D eigenvalue weighted by molar-refractivity contribution is 5.92. The number of hydrogen-bond donors (Lipinski definition) is 0. The van der Waals surface area contributed by atoms with E-state index in [9.17, 15) is 4.79 Å². The largest absolute Gasteiger partial charge is 0.497 e. The Kier molecular flexibility index (Phi) is 4.89. The van der Waals surface area contributed by atoms with Gasteiger partial charge in [-0.3, -0.25) is 14.7 Å². The van der Waals surface area contributed by atoms with Gasteiger partial charge in [0.25, 0.3) is 5.91 Å². The molecule has 3 aliphatic rings. The molecular weight excluding hydrogens is 326 g/mol. The molecule has 1 aromatic heterocycles. The van der Waals surface area contributed by atoms with Crippen LogP contribution < -0.4 is 4.74 Å². The molecule has 136 valence electrons. The van der Waals surface area contributed by atoms with Crippen molar-refractivity contribution in [3.63, 3.8) is 0 Å². The molecule has 0 unspecified atom stereocenters. The van der Waals surface area contributed by atoms with E-state index in [4.69, 9.17) is 4.74 Å². The minimum absolute atomic E-state index is 0.0756. The van der Waals surface area contributed by atoms with Crippen LogP contribution in [0, 0.1) is 5.92 Å². The number of piperidine rings is 1. The van der Waals surface area contributed by atoms with Gasteiger partial charge in [0.15, 0.2) is 0 Å². The maximum atomic E-state index is 12.9. The molecule has 3 fully saturated rings. The van der Waals surface area contributed by atoms with Gasteiger partial charge in [0, 0.05) is 38.4 Å². The minimum atomic E-state index is 0.0756. The number of carbonyl (C=O) groups excluding carboxylic acids is 1. The fraction of sp³-hybridized carbons (Fsp3) is 0.429. The van der Waals surface area contributed by atoms with E-state index in [0.717, 1.165) is 38.3 Å². The summed E-state index contributed by atoms with van der Waals surface area (Å²) >= 11 is 0. The second kappa shape index (κ2) is 7.46. The Morgan fingerprint density at radius 1 is 1.12 bits per heavy atom. The number of methoxy groups -OCH3 is 1. The molecule has 0 radical (unpaired) electrons. The molecule has 2 aromatic rings. The maximum Gasteiger partial charge on any atom is 0.272 e. The molecule has 5 rings (SSSR count). The third-order valence-electron chi connectivity index (χ3n) is 5.50. The van der Waals surface area contributed by atoms with Crippen LogP contribution in [0.1, 0.15) is 28.9 Å². The molecule has 2 atom stereocenters. The van der Waals surface area contributed by atoms with E-state index < -0.39 is 0 Å². The molecule has 2 bridgehead atoms. The van der Waals surface area contributed by atoms with E-state index in [-0.39, 0.29) is 11.9 Å². The highest BCUT2D eigenvalue weighted by Crippen LogP contribution is 2.30. The summed E-state index contributed by atoms with van der Waals surface area (Å²) in [6.45, 7) is 3.75. The van der Waals surface area contributed by atoms with Crippen molar-refractivity contribution in [3.8, 4) is 5.75 Å². The SMILES string of the molecule is COc1ccc(CN2C[C@@H]3CC[C@H](C2)N(C(=O)c2ccccn2)C3)cc1. The first-order valence-corrected chi connectivity index (χ1v) is 9.30. The first-order valence-electron chi connectivity index (χ1n) is 9.30. The first-order chi connectivity index (χ1) is 12.7. The summed E-state index contributed by atoms with van der Waals surface area (Å²) < 4.78 is 5.24. The molecule has 0 aliphatic carbocycles. The minimum Gasteiger partial charge on any atom is -0.497 e. The van der Waals surface area contributed by atoms with Gasteiger partial charge in [-0.1, -0.05) is 18.2 Å². The molecule has 0 spiro atoms. The summed E-state index contributed by atoms with van der Waals surface area (Å²) in [6, 6.07) is 14.1. The van der Waals surface area contributed by atoms with Crippen LogP contribution in [-0.2, 0) is 6.54 Å². The Morgan fingerprint density at radius 2 is 1.96 bits per heavy atom. The lowest BCUT2D eigenvalue weighted by Crippen LogP contribution is -2.47. The summed E-state index contributed by atoms with van der Waals surface area (Å²) in [4.78, 5) is 21.7. The maximum absolute atomic E-state index is 12.9. The third-order valence-corrected chi connectivity index (χ3v) is 5.50. The number of rotatable bonds is 4. The fourth-order valence-electron chi connectivity index (χ4n) is 4.18. The summed E-state index contributed by atoms with van der Waals surface area (Å²) in [6.07, 6.45) is 3.98. The monoisotopic (exact) mass is 351 g/mol. The summed E-state index contributed by atoms with van der Waals surface area (Å²) in [7, 11) is 1.69. The average molecular weight is 351 g/mol. The lowest BCUT2D eigenvalue weighted by molar-refractivity contribution is 0.0579. The van der Waals surface area contributed by atoms with Gasteiger partial charge in [0.05, 0.1) is 7.11 Å². The van der Waals surface area contributed by atoms with Gasteiger partial charge in [-0.2, -0.15) is 0 Å². The highest BCUT2D eigenvalue weighted by atomic mass is 16.5. The average Bonchev–Trinajstić information content (AvgIpc) is 2.99. The predicted octanol–water partition coefficient (Wildman–Crippen LogP) is 2.83. The zero-order valence-electron chi connectivity index (χ0n) is 15.2. The zero-order chi connectivity index (χ0) is 17.9. The molecular formula is C21H25N3O2. The molecule has 0 N–H and O–H groups in total. The normalized spacial score (nSPS) is 22.9. The Bertz CT molecular complexity index is 748. The van der Waals surface area contributed by atoms with Crippen molar-refractivity contribution >= 4 is 5.91 Å². The van der Waals surface area contributed by atoms with Gasteiger partial charge >= 0.3 is 0 Å². The molecule has 1 amide bonds. The Labute approximate surface area is 154 Å². The van der Waals surface area contributed by atoms with Crippen LogP contribution in [0.5, 0.6) is 5.75 Å². The van der Waals surface area contributed by atoms with Crippen molar-refractivity contribution in [2.75, 3.05) is 26.7 Å². The molecule has 1 aromatic carbocycles. The zero-order valence-corrected chi connectivity index (χ0v) is 15.2. The van der Waals surface area contributed by atoms with Crippen molar-refractivity contribution < 1.29 is 9.53 Å². The van der Waals surface area contributed by atoms with Gasteiger partial charge in [0.2, 0.25) is 0 Å². The topological polar surface area (TPSA) is 45.7 Å². The smallest absolute Gasteiger partial charge is 0.272 e. The Hall–Kier alpha value is -2.40. The van der Waals surface area contributed by atoms with Gasteiger partial charge < -0.3 is 9.64 Å². The van der Waals surface area contributed by atoms with Crippen molar-refractivity contribution in [1.29, 1.82) is 0 Å². The van der Waals surface area contributed by atoms with Gasteiger partial charge in [-0.05, 0) is 48.6 Å². The van der Waals surface area contributed by atoms with Crippen LogP contribution >= 0.6 is 0 Å². The van der Waals surface area contributed by atoms with Crippen LogP contribution in [0.3, 0.4) is 0 Å². The lowest BCUT2D eigenvalue weighted by atomic mass is 9.94. The lowest BCUT2D eigenvalue weighted by Gasteiger charge is -2.36. The number of nitrogens with zero attached hydrogens (tertiary/aromatic N) is 3. The molecule has 26 heavy (non-hydrogen) atoms. The number of pyridine rings is 1. The van der Waals surface area contributed by atoms with E-state index in [1.165, 1.54) is 12.0 Å². The molecule has 3 aliphatic heterocycles. The predicted molar refractivity (Wildman–Crippen MR) is 100 cm³/mol. The number of fused-ring (bicyclic) bond motifs is 4. The molecule has 5 nitrogen and oxygen atoms in total. The second-order valence-electron chi connectivity index (χ2n) is 7.31. The molecule has 3 saturated heterocycles. The standard InChI is InChI=1S/C21H25N3O2/c1-26-19-9-6-16(7-10-19)12-23-13-17-5-8-18(15-23)24(14-17)21(25)20-4-2-3-11-22-20/h2-4,6-7,9-11,17-18H,5,8,12-15H2,1H3/t17-,18+/m0/s1. The molecule has 5 heteroatoms. The van der Waals surface area contributed by atoms with Crippen LogP contribution in [0.4, 0.5) is 0 Å². The van der Waals surface area contributed by atoms with Crippen molar-refractivity contribution in [1.82, 2.24) is 14.8 Å². The fourth-order valence-corrected chi connectivity index (χ4v) is 4.18. The van der Waals surface area contributed by atoms with Crippen LogP contribution in [-0.4, -0.2) is 53.5 Å². The van der Waals surface area contributed by atoms with Crippen molar-refractivity contribution in [2.24, 2.45) is 5.92 Å².